The predicted molar refractivity (Wildman–Crippen MR) is 62.6 cm³/mol. The molecule has 0 radical (unpaired) electrons. The van der Waals surface area contributed by atoms with E-state index in [0.29, 0.717) is 5.41 Å². The van der Waals surface area contributed by atoms with E-state index in [4.69, 9.17) is 0 Å². The summed E-state index contributed by atoms with van der Waals surface area (Å²) in [4.78, 5) is 5.05. The summed E-state index contributed by atoms with van der Waals surface area (Å²) < 4.78 is 0. The third-order valence-electron chi connectivity index (χ3n) is 3.40. The highest BCUT2D eigenvalue weighted by Crippen LogP contribution is 2.37. The van der Waals surface area contributed by atoms with Crippen LogP contribution in [0.25, 0.3) is 0 Å². The molecule has 2 nitrogen and oxygen atoms in total. The SMILES string of the molecule is CC.CCN1CCCC2(CN(C)C2)C1. The Labute approximate surface area is 89.3 Å². The fourth-order valence-electron chi connectivity index (χ4n) is 2.94. The van der Waals surface area contributed by atoms with Crippen LogP contribution in [0.1, 0.15) is 33.6 Å². The minimum atomic E-state index is 0.697. The molecule has 1 spiro atoms. The first-order valence-electron chi connectivity index (χ1n) is 6.15. The number of rotatable bonds is 1. The van der Waals surface area contributed by atoms with E-state index in [9.17, 15) is 0 Å². The van der Waals surface area contributed by atoms with Crippen LogP contribution in [0.15, 0.2) is 0 Å². The second-order valence-corrected chi connectivity index (χ2v) is 4.64. The lowest BCUT2D eigenvalue weighted by molar-refractivity contribution is -0.0386. The number of nitrogens with zero attached hydrogens (tertiary/aromatic N) is 2. The van der Waals surface area contributed by atoms with E-state index in [1.165, 1.54) is 45.6 Å². The highest BCUT2D eigenvalue weighted by molar-refractivity contribution is 4.97. The van der Waals surface area contributed by atoms with Crippen LogP contribution >= 0.6 is 0 Å². The lowest BCUT2D eigenvalue weighted by atomic mass is 9.74. The van der Waals surface area contributed by atoms with Crippen LogP contribution in [-0.2, 0) is 0 Å². The van der Waals surface area contributed by atoms with Gasteiger partial charge in [0.1, 0.15) is 0 Å². The Kier molecular flexibility index (Phi) is 4.39. The zero-order chi connectivity index (χ0) is 10.6. The molecular weight excluding hydrogens is 172 g/mol. The lowest BCUT2D eigenvalue weighted by Crippen LogP contribution is -2.61. The largest absolute Gasteiger partial charge is 0.305 e. The van der Waals surface area contributed by atoms with Crippen molar-refractivity contribution in [2.45, 2.75) is 33.6 Å². The van der Waals surface area contributed by atoms with E-state index in [1.54, 1.807) is 0 Å². The van der Waals surface area contributed by atoms with Gasteiger partial charge in [-0.25, -0.2) is 0 Å². The molecule has 2 heteroatoms. The van der Waals surface area contributed by atoms with Crippen molar-refractivity contribution < 1.29 is 0 Å². The third-order valence-corrected chi connectivity index (χ3v) is 3.40. The van der Waals surface area contributed by atoms with Crippen LogP contribution in [0.4, 0.5) is 0 Å². The Hall–Kier alpha value is -0.0800. The molecule has 84 valence electrons. The molecule has 0 amide bonds. The first-order chi connectivity index (χ1) is 6.74. The van der Waals surface area contributed by atoms with Gasteiger partial charge in [0.05, 0.1) is 0 Å². The fraction of sp³-hybridized carbons (Fsp3) is 1.00. The molecule has 0 saturated carbocycles. The Bertz CT molecular complexity index is 156. The van der Waals surface area contributed by atoms with Crippen molar-refractivity contribution in [1.29, 1.82) is 0 Å². The molecule has 0 aromatic carbocycles. The molecular formula is C12H26N2. The Morgan fingerprint density at radius 1 is 1.14 bits per heavy atom. The fourth-order valence-corrected chi connectivity index (χ4v) is 2.94. The third kappa shape index (κ3) is 2.48. The highest BCUT2D eigenvalue weighted by Gasteiger charge is 2.43. The van der Waals surface area contributed by atoms with Gasteiger partial charge in [-0.05, 0) is 33.0 Å². The summed E-state index contributed by atoms with van der Waals surface area (Å²) in [6, 6.07) is 0. The summed E-state index contributed by atoms with van der Waals surface area (Å²) in [5.74, 6) is 0. The number of hydrogen-bond acceptors (Lipinski definition) is 2. The minimum absolute atomic E-state index is 0.697. The van der Waals surface area contributed by atoms with Crippen molar-refractivity contribution in [3.05, 3.63) is 0 Å². The summed E-state index contributed by atoms with van der Waals surface area (Å²) in [7, 11) is 2.23. The molecule has 0 atom stereocenters. The van der Waals surface area contributed by atoms with Crippen LogP contribution in [-0.4, -0.2) is 49.6 Å². The number of hydrogen-bond donors (Lipinski definition) is 0. The first-order valence-corrected chi connectivity index (χ1v) is 6.15. The van der Waals surface area contributed by atoms with Crippen LogP contribution in [0.5, 0.6) is 0 Å². The van der Waals surface area contributed by atoms with E-state index in [1.807, 2.05) is 13.8 Å². The van der Waals surface area contributed by atoms with Gasteiger partial charge in [0.25, 0.3) is 0 Å². The maximum atomic E-state index is 2.61. The monoisotopic (exact) mass is 198 g/mol. The van der Waals surface area contributed by atoms with Crippen molar-refractivity contribution in [3.8, 4) is 0 Å². The van der Waals surface area contributed by atoms with Gasteiger partial charge in [-0.2, -0.15) is 0 Å². The Balaban J connectivity index is 0.000000461. The van der Waals surface area contributed by atoms with Gasteiger partial charge in [-0.15, -0.1) is 0 Å². The lowest BCUT2D eigenvalue weighted by Gasteiger charge is -2.53. The molecule has 2 fully saturated rings. The van der Waals surface area contributed by atoms with Gasteiger partial charge in [0, 0.05) is 25.0 Å². The number of piperidine rings is 1. The molecule has 2 heterocycles. The van der Waals surface area contributed by atoms with Crippen molar-refractivity contribution in [2.75, 3.05) is 39.8 Å². The molecule has 2 rings (SSSR count). The van der Waals surface area contributed by atoms with E-state index in [0.717, 1.165) is 0 Å². The van der Waals surface area contributed by atoms with Crippen LogP contribution in [0.2, 0.25) is 0 Å². The van der Waals surface area contributed by atoms with E-state index >= 15 is 0 Å². The summed E-state index contributed by atoms with van der Waals surface area (Å²) >= 11 is 0. The van der Waals surface area contributed by atoms with E-state index in [-0.39, 0.29) is 0 Å². The van der Waals surface area contributed by atoms with Gasteiger partial charge in [-0.1, -0.05) is 20.8 Å². The van der Waals surface area contributed by atoms with Crippen LogP contribution < -0.4 is 0 Å². The average Bonchev–Trinajstić information content (AvgIpc) is 2.19. The van der Waals surface area contributed by atoms with Crippen molar-refractivity contribution in [1.82, 2.24) is 9.80 Å². The zero-order valence-electron chi connectivity index (χ0n) is 10.3. The first kappa shape index (κ1) is 12.0. The molecule has 0 aromatic heterocycles. The molecule has 0 aliphatic carbocycles. The standard InChI is InChI=1S/C10H20N2.C2H6/c1-3-12-6-4-5-10(9-12)7-11(2)8-10;1-2/h3-9H2,1-2H3;1-2H3. The Morgan fingerprint density at radius 2 is 1.79 bits per heavy atom. The van der Waals surface area contributed by atoms with Crippen LogP contribution in [0, 0.1) is 5.41 Å². The second-order valence-electron chi connectivity index (χ2n) is 4.64. The van der Waals surface area contributed by atoms with Gasteiger partial charge in [-0.3, -0.25) is 0 Å². The average molecular weight is 198 g/mol. The normalized spacial score (nSPS) is 26.6. The molecule has 0 N–H and O–H groups in total. The van der Waals surface area contributed by atoms with Crippen LogP contribution in [0.3, 0.4) is 0 Å². The molecule has 0 aromatic rings. The quantitative estimate of drug-likeness (QED) is 0.636. The molecule has 2 aliphatic rings. The topological polar surface area (TPSA) is 6.48 Å². The highest BCUT2D eigenvalue weighted by atomic mass is 15.2. The van der Waals surface area contributed by atoms with Crippen molar-refractivity contribution >= 4 is 0 Å². The minimum Gasteiger partial charge on any atom is -0.305 e. The van der Waals surface area contributed by atoms with Gasteiger partial charge in [0.2, 0.25) is 0 Å². The van der Waals surface area contributed by atoms with Crippen molar-refractivity contribution in [3.63, 3.8) is 0 Å². The molecule has 0 unspecified atom stereocenters. The second kappa shape index (κ2) is 5.13. The van der Waals surface area contributed by atoms with Gasteiger partial charge < -0.3 is 9.80 Å². The van der Waals surface area contributed by atoms with Crippen molar-refractivity contribution in [2.24, 2.45) is 5.41 Å². The summed E-state index contributed by atoms with van der Waals surface area (Å²) in [5, 5.41) is 0. The molecule has 2 saturated heterocycles. The zero-order valence-corrected chi connectivity index (χ0v) is 10.3. The predicted octanol–water partition coefficient (Wildman–Crippen LogP) is 2.06. The Morgan fingerprint density at radius 3 is 2.29 bits per heavy atom. The molecule has 14 heavy (non-hydrogen) atoms. The van der Waals surface area contributed by atoms with Gasteiger partial charge in [0.15, 0.2) is 0 Å². The molecule has 0 bridgehead atoms. The van der Waals surface area contributed by atoms with E-state index < -0.39 is 0 Å². The maximum Gasteiger partial charge on any atom is 0.00850 e. The smallest absolute Gasteiger partial charge is 0.00850 e. The molecule has 2 aliphatic heterocycles. The van der Waals surface area contributed by atoms with Gasteiger partial charge >= 0.3 is 0 Å². The maximum absolute atomic E-state index is 2.61. The summed E-state index contributed by atoms with van der Waals surface area (Å²) in [5.41, 5.74) is 0.697. The van der Waals surface area contributed by atoms with E-state index in [2.05, 4.69) is 23.8 Å². The summed E-state index contributed by atoms with van der Waals surface area (Å²) in [6.07, 6.45) is 2.88. The summed E-state index contributed by atoms with van der Waals surface area (Å²) in [6.45, 7) is 12.9. The number of likely N-dealkylation sites (tertiary alicyclic amines) is 2.